The van der Waals surface area contributed by atoms with Crippen molar-refractivity contribution in [2.24, 2.45) is 0 Å². The highest BCUT2D eigenvalue weighted by molar-refractivity contribution is 7.19. The molecule has 0 saturated carbocycles. The van der Waals surface area contributed by atoms with Gasteiger partial charge in [0.25, 0.3) is 0 Å². The fourth-order valence-electron chi connectivity index (χ4n) is 4.95. The fourth-order valence-corrected chi connectivity index (χ4v) is 4.95. The molecule has 0 fully saturated rings. The summed E-state index contributed by atoms with van der Waals surface area (Å²) in [6, 6.07) is 53.9. The van der Waals surface area contributed by atoms with Gasteiger partial charge >= 0.3 is 0 Å². The lowest BCUT2D eigenvalue weighted by Crippen LogP contribution is -2.77. The summed E-state index contributed by atoms with van der Waals surface area (Å²) in [5.74, 6) is 0. The summed E-state index contributed by atoms with van der Waals surface area (Å²) in [5.41, 5.74) is 6.68. The molecule has 0 saturated heterocycles. The molecule has 0 bridgehead atoms. The van der Waals surface area contributed by atoms with E-state index in [9.17, 15) is 0 Å². The Morgan fingerprint density at radius 3 is 0.941 bits per heavy atom. The summed E-state index contributed by atoms with van der Waals surface area (Å²) in [6.07, 6.45) is -1.22. The van der Waals surface area contributed by atoms with E-state index >= 15 is 0 Å². The van der Waals surface area contributed by atoms with Crippen molar-refractivity contribution in [3.8, 4) is 0 Å². The van der Waals surface area contributed by atoms with Crippen LogP contribution in [0.1, 0.15) is 6.92 Å². The summed E-state index contributed by atoms with van der Waals surface area (Å²) in [5, 5.41) is 2.21. The van der Waals surface area contributed by atoms with Gasteiger partial charge in [-0.15, -0.1) is 0 Å². The van der Waals surface area contributed by atoms with Crippen LogP contribution in [-0.4, -0.2) is 12.7 Å². The van der Waals surface area contributed by atoms with E-state index < -0.39 is 6.15 Å². The van der Waals surface area contributed by atoms with Crippen molar-refractivity contribution >= 4 is 33.7 Å². The third kappa shape index (κ3) is 5.19. The Morgan fingerprint density at radius 2 is 0.676 bits per heavy atom. The highest BCUT2D eigenvalue weighted by Crippen LogP contribution is 2.09. The number of hydrogen-bond acceptors (Lipinski definition) is 0. The van der Waals surface area contributed by atoms with Crippen molar-refractivity contribution in [1.29, 1.82) is 0 Å². The minimum Gasteiger partial charge on any atom is -0.314 e. The molecule has 5 rings (SSSR count). The Balaban J connectivity index is 0.000000257. The normalized spacial score (nSPS) is 10.7. The average molecular weight is 441 g/mol. The average Bonchev–Trinajstić information content (AvgIpc) is 2.93. The highest BCUT2D eigenvalue weighted by atomic mass is 14.8. The number of para-hydroxylation sites is 1. The Labute approximate surface area is 204 Å². The summed E-state index contributed by atoms with van der Waals surface area (Å²) in [6.45, 7) is 3.26. The first-order valence-electron chi connectivity index (χ1n) is 12.1. The molecule has 0 aliphatic carbocycles. The van der Waals surface area contributed by atoms with Crippen LogP contribution in [0.25, 0.3) is 0 Å². The second-order valence-electron chi connectivity index (χ2n) is 8.53. The molecule has 0 aliphatic rings. The fraction of sp³-hybridized carbons (Fsp3) is 0.0625. The molecule has 0 amide bonds. The number of nitrogens with two attached hydrogens (primary N) is 1. The molecule has 34 heavy (non-hydrogen) atoms. The molecule has 5 aromatic carbocycles. The molecular formula is C32H32BN. The summed E-state index contributed by atoms with van der Waals surface area (Å²) >= 11 is 0. The standard InChI is InChI=1S/C24H20B.C8H11N/c1-5-13-21(14-6-1)25(22-15-7-2-8-16-22,23-17-9-3-10-18-23)24-19-11-4-12-20-24;1-2-9-8-6-4-3-5-7-8/h1-20H;3-7,9H,2H2,1H3/q-1;/p+1. The quantitative estimate of drug-likeness (QED) is 0.304. The van der Waals surface area contributed by atoms with Gasteiger partial charge in [-0.3, -0.25) is 0 Å². The molecule has 0 unspecified atom stereocenters. The summed E-state index contributed by atoms with van der Waals surface area (Å²) in [7, 11) is 0. The van der Waals surface area contributed by atoms with E-state index in [-0.39, 0.29) is 0 Å². The first-order valence-corrected chi connectivity index (χ1v) is 12.1. The lowest BCUT2D eigenvalue weighted by Gasteiger charge is -2.44. The minimum atomic E-state index is -1.22. The van der Waals surface area contributed by atoms with Crippen LogP contribution < -0.4 is 27.2 Å². The third-order valence-electron chi connectivity index (χ3n) is 6.44. The largest absolute Gasteiger partial charge is 0.314 e. The molecule has 2 heteroatoms. The van der Waals surface area contributed by atoms with Crippen LogP contribution in [0.3, 0.4) is 0 Å². The lowest BCUT2D eigenvalue weighted by molar-refractivity contribution is -0.567. The SMILES string of the molecule is CC[NH2+]c1ccccc1.c1ccc([B-](c2ccccc2)(c2ccccc2)c2ccccc2)cc1. The monoisotopic (exact) mass is 441 g/mol. The molecule has 0 atom stereocenters. The molecular weight excluding hydrogens is 409 g/mol. The Bertz CT molecular complexity index is 1060. The highest BCUT2D eigenvalue weighted by Gasteiger charge is 2.30. The number of quaternary nitrogens is 1. The molecule has 1 nitrogen and oxygen atoms in total. The first kappa shape index (κ1) is 23.3. The van der Waals surface area contributed by atoms with E-state index in [1.165, 1.54) is 27.5 Å². The molecule has 0 aliphatic heterocycles. The zero-order chi connectivity index (χ0) is 23.5. The van der Waals surface area contributed by atoms with Gasteiger partial charge in [0.15, 0.2) is 0 Å². The number of hydrogen-bond donors (Lipinski definition) is 1. The lowest BCUT2D eigenvalue weighted by atomic mass is 9.13. The predicted octanol–water partition coefficient (Wildman–Crippen LogP) is 3.97. The topological polar surface area (TPSA) is 16.6 Å². The molecule has 0 aromatic heterocycles. The van der Waals surface area contributed by atoms with E-state index in [2.05, 4.69) is 158 Å². The van der Waals surface area contributed by atoms with Crippen molar-refractivity contribution in [3.05, 3.63) is 152 Å². The maximum atomic E-state index is 2.26. The van der Waals surface area contributed by atoms with Gasteiger partial charge in [0.2, 0.25) is 0 Å². The van der Waals surface area contributed by atoms with Crippen LogP contribution in [0.2, 0.25) is 0 Å². The van der Waals surface area contributed by atoms with Crippen molar-refractivity contribution in [2.75, 3.05) is 6.54 Å². The molecule has 0 radical (unpaired) electrons. The van der Waals surface area contributed by atoms with Crippen molar-refractivity contribution < 1.29 is 5.32 Å². The Morgan fingerprint density at radius 1 is 0.412 bits per heavy atom. The van der Waals surface area contributed by atoms with Crippen LogP contribution in [0.5, 0.6) is 0 Å². The molecule has 2 N–H and O–H groups in total. The number of benzene rings is 5. The molecule has 5 aromatic rings. The van der Waals surface area contributed by atoms with Crippen LogP contribution in [0, 0.1) is 0 Å². The van der Waals surface area contributed by atoms with Gasteiger partial charge in [-0.2, -0.15) is 21.9 Å². The summed E-state index contributed by atoms with van der Waals surface area (Å²) < 4.78 is 0. The molecule has 0 spiro atoms. The van der Waals surface area contributed by atoms with Gasteiger partial charge in [0, 0.05) is 0 Å². The van der Waals surface area contributed by atoms with Gasteiger partial charge in [-0.25, -0.2) is 0 Å². The zero-order valence-corrected chi connectivity index (χ0v) is 19.8. The van der Waals surface area contributed by atoms with Crippen molar-refractivity contribution in [2.45, 2.75) is 6.92 Å². The van der Waals surface area contributed by atoms with E-state index in [1.807, 2.05) is 6.07 Å². The number of rotatable bonds is 6. The van der Waals surface area contributed by atoms with Crippen LogP contribution in [-0.2, 0) is 0 Å². The van der Waals surface area contributed by atoms with Gasteiger partial charge in [0.05, 0.1) is 6.54 Å². The third-order valence-corrected chi connectivity index (χ3v) is 6.44. The van der Waals surface area contributed by atoms with E-state index in [1.54, 1.807) is 0 Å². The van der Waals surface area contributed by atoms with Crippen molar-refractivity contribution in [3.63, 3.8) is 0 Å². The van der Waals surface area contributed by atoms with Gasteiger partial charge in [-0.05, 0) is 19.1 Å². The zero-order valence-electron chi connectivity index (χ0n) is 19.8. The van der Waals surface area contributed by atoms with Gasteiger partial charge in [0.1, 0.15) is 11.8 Å². The van der Waals surface area contributed by atoms with E-state index in [0.717, 1.165) is 6.54 Å². The maximum absolute atomic E-state index is 2.26. The minimum absolute atomic E-state index is 1.12. The molecule has 0 heterocycles. The molecule has 168 valence electrons. The predicted molar refractivity (Wildman–Crippen MR) is 149 cm³/mol. The smallest absolute Gasteiger partial charge is 0.129 e. The summed E-state index contributed by atoms with van der Waals surface area (Å²) in [4.78, 5) is 0. The van der Waals surface area contributed by atoms with Crippen molar-refractivity contribution in [1.82, 2.24) is 0 Å². The Kier molecular flexibility index (Phi) is 8.10. The van der Waals surface area contributed by atoms with Crippen LogP contribution in [0.15, 0.2) is 152 Å². The van der Waals surface area contributed by atoms with E-state index in [0.29, 0.717) is 0 Å². The van der Waals surface area contributed by atoms with Gasteiger partial charge in [-0.1, -0.05) is 140 Å². The second-order valence-corrected chi connectivity index (χ2v) is 8.53. The second kappa shape index (κ2) is 11.8. The first-order chi connectivity index (χ1) is 16.9. The van der Waals surface area contributed by atoms with Gasteiger partial charge < -0.3 is 5.32 Å². The van der Waals surface area contributed by atoms with Crippen LogP contribution in [0.4, 0.5) is 5.69 Å². The maximum Gasteiger partial charge on any atom is 0.129 e. The Hall–Kier alpha value is -3.88. The van der Waals surface area contributed by atoms with E-state index in [4.69, 9.17) is 0 Å². The van der Waals surface area contributed by atoms with Crippen LogP contribution >= 0.6 is 0 Å².